The van der Waals surface area contributed by atoms with Gasteiger partial charge in [0.15, 0.2) is 5.82 Å². The van der Waals surface area contributed by atoms with Gasteiger partial charge >= 0.3 is 0 Å². The number of rotatable bonds is 0. The van der Waals surface area contributed by atoms with Gasteiger partial charge in [0.05, 0.1) is 6.20 Å². The van der Waals surface area contributed by atoms with Gasteiger partial charge in [-0.15, -0.1) is 5.10 Å². The molecule has 2 heterocycles. The first kappa shape index (κ1) is 4.26. The van der Waals surface area contributed by atoms with E-state index in [4.69, 9.17) is 5.11 Å². The van der Waals surface area contributed by atoms with E-state index in [2.05, 4.69) is 10.3 Å². The first-order valence-electron chi connectivity index (χ1n) is 1.84. The lowest BCUT2D eigenvalue weighted by Gasteiger charge is -1.78. The highest BCUT2D eigenvalue weighted by atomic mass is 16.2. The number of fused-ring (bicyclic) bond motifs is 1. The fourth-order valence-electron chi connectivity index (χ4n) is 0.280. The Hall–Kier alpha value is -0.900. The van der Waals surface area contributed by atoms with E-state index in [9.17, 15) is 0 Å². The van der Waals surface area contributed by atoms with Gasteiger partial charge < -0.3 is 5.11 Å². The maximum atomic E-state index is 7.00. The fourth-order valence-corrected chi connectivity index (χ4v) is 0.280. The van der Waals surface area contributed by atoms with Crippen molar-refractivity contribution < 1.29 is 5.11 Å². The predicted octanol–water partition coefficient (Wildman–Crippen LogP) is -0.811. The molecule has 0 atom stereocenters. The third-order valence-electron chi connectivity index (χ3n) is 0.648. The number of nitrogens with zero attached hydrogens (tertiary/aromatic N) is 3. The van der Waals surface area contributed by atoms with Crippen LogP contribution in [0, 0.1) is 0 Å². The summed E-state index contributed by atoms with van der Waals surface area (Å²) < 4.78 is 1.72. The molecule has 0 aromatic carbocycles. The van der Waals surface area contributed by atoms with E-state index in [1.54, 1.807) is 4.68 Å². The molecule has 2 rings (SSSR count). The average Bonchev–Trinajstić information content (AvgIpc) is 2.21. The Bertz CT molecular complexity index is 135. The zero-order chi connectivity index (χ0) is 5.28. The van der Waals surface area contributed by atoms with E-state index in [1.807, 2.05) is 6.20 Å². The molecular weight excluding hydrogens is 94.1 g/mol. The molecule has 0 bridgehead atoms. The monoisotopic (exact) mass is 99.0 g/mol. The molecular formula is C3H5N3O. The van der Waals surface area contributed by atoms with E-state index in [0.717, 1.165) is 12.9 Å². The van der Waals surface area contributed by atoms with Crippen molar-refractivity contribution in [2.75, 3.05) is 7.11 Å². The van der Waals surface area contributed by atoms with Crippen molar-refractivity contribution in [2.45, 2.75) is 0 Å². The van der Waals surface area contributed by atoms with Gasteiger partial charge in [0.1, 0.15) is 0 Å². The summed E-state index contributed by atoms with van der Waals surface area (Å²) in [6.45, 7) is 0. The van der Waals surface area contributed by atoms with Crippen LogP contribution in [-0.2, 0) is 0 Å². The molecule has 0 saturated carbocycles. The molecule has 4 nitrogen and oxygen atoms in total. The van der Waals surface area contributed by atoms with Crippen LogP contribution in [0.2, 0.25) is 0 Å². The normalized spacial score (nSPS) is 9.43. The lowest BCUT2D eigenvalue weighted by atomic mass is 11.0. The molecule has 0 radical (unpaired) electrons. The summed E-state index contributed by atoms with van der Waals surface area (Å²) in [5, 5.41) is 14.1. The Morgan fingerprint density at radius 3 is 2.29 bits per heavy atom. The molecule has 0 unspecified atom stereocenters. The molecule has 4 heteroatoms. The quantitative estimate of drug-likeness (QED) is 0.470. The summed E-state index contributed by atoms with van der Waals surface area (Å²) in [5.74, 6) is 1.02. The summed E-state index contributed by atoms with van der Waals surface area (Å²) >= 11 is 0. The summed E-state index contributed by atoms with van der Waals surface area (Å²) in [7, 11) is 1.00. The van der Waals surface area contributed by atoms with Crippen molar-refractivity contribution in [3.05, 3.63) is 6.20 Å². The molecule has 1 N–H and O–H groups in total. The Labute approximate surface area is 40.4 Å². The van der Waals surface area contributed by atoms with E-state index in [-0.39, 0.29) is 0 Å². The second-order valence-electron chi connectivity index (χ2n) is 1.02. The van der Waals surface area contributed by atoms with Crippen molar-refractivity contribution in [1.29, 1.82) is 0 Å². The van der Waals surface area contributed by atoms with E-state index in [1.165, 1.54) is 0 Å². The average molecular weight is 99.1 g/mol. The molecule has 0 aromatic rings. The molecule has 7 heavy (non-hydrogen) atoms. The molecule has 0 spiro atoms. The van der Waals surface area contributed by atoms with Crippen LogP contribution in [0.4, 0.5) is 0 Å². The van der Waals surface area contributed by atoms with Crippen molar-refractivity contribution in [1.82, 2.24) is 15.0 Å². The van der Waals surface area contributed by atoms with Crippen molar-refractivity contribution >= 4 is 0 Å². The van der Waals surface area contributed by atoms with Crippen LogP contribution >= 0.6 is 0 Å². The third kappa shape index (κ3) is 0.480. The minimum atomic E-state index is 1.00. The molecule has 0 aliphatic carbocycles. The minimum absolute atomic E-state index is 1.00. The number of hydrogen-bond donors (Lipinski definition) is 1. The highest BCUT2D eigenvalue weighted by Crippen LogP contribution is 2.10. The van der Waals surface area contributed by atoms with Gasteiger partial charge in [-0.25, -0.2) is 0 Å². The van der Waals surface area contributed by atoms with Crippen LogP contribution in [-0.4, -0.2) is 27.2 Å². The fraction of sp³-hybridized carbons (Fsp3) is 0.333. The predicted molar refractivity (Wildman–Crippen MR) is 23.1 cm³/mol. The van der Waals surface area contributed by atoms with Crippen molar-refractivity contribution in [2.24, 2.45) is 0 Å². The number of hydrogen-bond acceptors (Lipinski definition) is 3. The molecule has 2 aliphatic heterocycles. The standard InChI is InChI=1S/C2HN3.CH4O/c1-2-3-4-5(1)2;1-2/h1H;2H,1H3. The lowest BCUT2D eigenvalue weighted by Crippen LogP contribution is -1.92. The first-order valence-corrected chi connectivity index (χ1v) is 1.84. The molecule has 0 fully saturated rings. The summed E-state index contributed by atoms with van der Waals surface area (Å²) in [6.07, 6.45) is 1.86. The Morgan fingerprint density at radius 1 is 1.71 bits per heavy atom. The molecule has 2 aliphatic rings. The van der Waals surface area contributed by atoms with Gasteiger partial charge in [-0.1, -0.05) is 5.21 Å². The van der Waals surface area contributed by atoms with Gasteiger partial charge in [0.2, 0.25) is 0 Å². The van der Waals surface area contributed by atoms with Gasteiger partial charge in [0.25, 0.3) is 0 Å². The van der Waals surface area contributed by atoms with E-state index < -0.39 is 0 Å². The summed E-state index contributed by atoms with van der Waals surface area (Å²) in [5.41, 5.74) is 0. The molecule has 0 saturated heterocycles. The largest absolute Gasteiger partial charge is 0.400 e. The maximum Gasteiger partial charge on any atom is 0.197 e. The summed E-state index contributed by atoms with van der Waals surface area (Å²) in [4.78, 5) is 0. The van der Waals surface area contributed by atoms with Gasteiger partial charge in [-0.05, 0) is 0 Å². The maximum absolute atomic E-state index is 7.00. The van der Waals surface area contributed by atoms with E-state index >= 15 is 0 Å². The molecule has 38 valence electrons. The number of aromatic nitrogens is 3. The van der Waals surface area contributed by atoms with Crippen LogP contribution < -0.4 is 0 Å². The zero-order valence-corrected chi connectivity index (χ0v) is 3.87. The number of aliphatic hydroxyl groups is 1. The zero-order valence-electron chi connectivity index (χ0n) is 3.87. The van der Waals surface area contributed by atoms with Crippen LogP contribution in [0.25, 0.3) is 5.82 Å². The Kier molecular flexibility index (Phi) is 0.796. The van der Waals surface area contributed by atoms with Gasteiger partial charge in [-0.2, -0.15) is 4.68 Å². The topological polar surface area (TPSA) is 50.9 Å². The minimum Gasteiger partial charge on any atom is -0.400 e. The van der Waals surface area contributed by atoms with Crippen LogP contribution in [0.15, 0.2) is 6.20 Å². The number of aliphatic hydroxyl groups excluding tert-OH is 1. The Morgan fingerprint density at radius 2 is 2.29 bits per heavy atom. The summed E-state index contributed by atoms with van der Waals surface area (Å²) in [6, 6.07) is 0. The van der Waals surface area contributed by atoms with Gasteiger partial charge in [-0.3, -0.25) is 0 Å². The molecule has 0 amide bonds. The van der Waals surface area contributed by atoms with Crippen LogP contribution in [0.1, 0.15) is 0 Å². The SMILES string of the molecule is CO.c1c2nnn1-2. The highest BCUT2D eigenvalue weighted by Gasteiger charge is 2.14. The molecule has 0 aromatic heterocycles. The highest BCUT2D eigenvalue weighted by molar-refractivity contribution is 5.28. The smallest absolute Gasteiger partial charge is 0.197 e. The third-order valence-corrected chi connectivity index (χ3v) is 0.648. The Balaban J connectivity index is 0.000000112. The second-order valence-corrected chi connectivity index (χ2v) is 1.02. The van der Waals surface area contributed by atoms with Crippen LogP contribution in [0.5, 0.6) is 0 Å². The van der Waals surface area contributed by atoms with Crippen molar-refractivity contribution in [3.63, 3.8) is 0 Å². The van der Waals surface area contributed by atoms with Crippen molar-refractivity contribution in [3.8, 4) is 5.82 Å². The van der Waals surface area contributed by atoms with Crippen LogP contribution in [0.3, 0.4) is 0 Å². The van der Waals surface area contributed by atoms with Gasteiger partial charge in [0, 0.05) is 7.11 Å². The lowest BCUT2D eigenvalue weighted by molar-refractivity contribution is 0.399. The second kappa shape index (κ2) is 1.31. The first-order chi connectivity index (χ1) is 3.47. The van der Waals surface area contributed by atoms with E-state index in [0.29, 0.717) is 0 Å².